The zero-order chi connectivity index (χ0) is 13.8. The van der Waals surface area contributed by atoms with Crippen molar-refractivity contribution >= 4 is 17.7 Å². The fourth-order valence-corrected chi connectivity index (χ4v) is 3.14. The van der Waals surface area contributed by atoms with E-state index in [1.54, 1.807) is 23.8 Å². The normalized spacial score (nSPS) is 18.4. The molecule has 1 heterocycles. The van der Waals surface area contributed by atoms with Crippen LogP contribution in [0.4, 0.5) is 0 Å². The number of thioether (sulfide) groups is 1. The molecule has 19 heavy (non-hydrogen) atoms. The fourth-order valence-electron chi connectivity index (χ4n) is 2.21. The maximum atomic E-state index is 12.2. The summed E-state index contributed by atoms with van der Waals surface area (Å²) >= 11 is 1.77. The predicted molar refractivity (Wildman–Crippen MR) is 78.5 cm³/mol. The molecule has 0 saturated carbocycles. The predicted octanol–water partition coefficient (Wildman–Crippen LogP) is 1.62. The Morgan fingerprint density at radius 2 is 2.37 bits per heavy atom. The summed E-state index contributed by atoms with van der Waals surface area (Å²) in [5.41, 5.74) is 2.22. The van der Waals surface area contributed by atoms with Crippen molar-refractivity contribution in [1.29, 1.82) is 0 Å². The molecule has 0 radical (unpaired) electrons. The van der Waals surface area contributed by atoms with Gasteiger partial charge in [0.15, 0.2) is 0 Å². The van der Waals surface area contributed by atoms with Crippen LogP contribution in [0.2, 0.25) is 0 Å². The zero-order valence-electron chi connectivity index (χ0n) is 11.6. The summed E-state index contributed by atoms with van der Waals surface area (Å²) in [5, 5.41) is 3.20. The van der Waals surface area contributed by atoms with Gasteiger partial charge in [0.1, 0.15) is 5.75 Å². The summed E-state index contributed by atoms with van der Waals surface area (Å²) < 4.78 is 5.24. The van der Waals surface area contributed by atoms with Gasteiger partial charge in [0.05, 0.1) is 13.2 Å². The molecule has 1 aliphatic rings. The molecule has 0 aromatic heterocycles. The van der Waals surface area contributed by atoms with Crippen LogP contribution in [0.3, 0.4) is 0 Å². The van der Waals surface area contributed by atoms with E-state index >= 15 is 0 Å². The smallest absolute Gasteiger partial charge is 0.240 e. The van der Waals surface area contributed by atoms with Gasteiger partial charge in [-0.05, 0) is 24.1 Å². The first-order chi connectivity index (χ1) is 9.11. The van der Waals surface area contributed by atoms with Crippen molar-refractivity contribution in [3.63, 3.8) is 0 Å². The quantitative estimate of drug-likeness (QED) is 0.910. The van der Waals surface area contributed by atoms with E-state index in [4.69, 9.17) is 4.74 Å². The monoisotopic (exact) mass is 280 g/mol. The Kier molecular flexibility index (Phi) is 4.71. The molecule has 1 aromatic rings. The number of amides is 1. The van der Waals surface area contributed by atoms with Crippen LogP contribution < -0.4 is 10.1 Å². The van der Waals surface area contributed by atoms with Crippen LogP contribution in [-0.2, 0) is 11.3 Å². The van der Waals surface area contributed by atoms with Gasteiger partial charge in [-0.1, -0.05) is 12.1 Å². The lowest BCUT2D eigenvalue weighted by Gasteiger charge is -2.21. The molecule has 1 atom stereocenters. The molecule has 0 bridgehead atoms. The van der Waals surface area contributed by atoms with E-state index in [9.17, 15) is 4.79 Å². The van der Waals surface area contributed by atoms with Gasteiger partial charge >= 0.3 is 0 Å². The van der Waals surface area contributed by atoms with Crippen LogP contribution >= 0.6 is 11.8 Å². The molecular formula is C14H20N2O2S. The van der Waals surface area contributed by atoms with Crippen LogP contribution in [0, 0.1) is 6.92 Å². The summed E-state index contributed by atoms with van der Waals surface area (Å²) in [6, 6.07) is 5.99. The highest BCUT2D eigenvalue weighted by molar-refractivity contribution is 7.99. The van der Waals surface area contributed by atoms with Gasteiger partial charge in [-0.15, -0.1) is 11.8 Å². The molecule has 104 valence electrons. The average Bonchev–Trinajstić information content (AvgIpc) is 2.92. The van der Waals surface area contributed by atoms with E-state index in [2.05, 4.69) is 11.4 Å². The minimum atomic E-state index is -0.0330. The number of carbonyl (C=O) groups is 1. The Balaban J connectivity index is 1.99. The SMILES string of the molecule is COc1ccc(CN(C)C(=O)C2CSCN2)cc1C. The number of hydrogen-bond acceptors (Lipinski definition) is 4. The van der Waals surface area contributed by atoms with E-state index < -0.39 is 0 Å². The number of likely N-dealkylation sites (N-methyl/N-ethyl adjacent to an activating group) is 1. The number of carbonyl (C=O) groups excluding carboxylic acids is 1. The van der Waals surface area contributed by atoms with Crippen molar-refractivity contribution < 1.29 is 9.53 Å². The number of hydrogen-bond donors (Lipinski definition) is 1. The molecule has 1 saturated heterocycles. The highest BCUT2D eigenvalue weighted by atomic mass is 32.2. The Bertz CT molecular complexity index is 459. The Morgan fingerprint density at radius 1 is 1.58 bits per heavy atom. The number of nitrogens with one attached hydrogen (secondary N) is 1. The molecule has 1 unspecified atom stereocenters. The zero-order valence-corrected chi connectivity index (χ0v) is 12.4. The average molecular weight is 280 g/mol. The molecular weight excluding hydrogens is 260 g/mol. The highest BCUT2D eigenvalue weighted by Crippen LogP contribution is 2.20. The molecule has 1 amide bonds. The molecule has 1 N–H and O–H groups in total. The van der Waals surface area contributed by atoms with Crippen molar-refractivity contribution in [2.75, 3.05) is 25.8 Å². The van der Waals surface area contributed by atoms with Gasteiger partial charge in [-0.25, -0.2) is 0 Å². The first kappa shape index (κ1) is 14.2. The summed E-state index contributed by atoms with van der Waals surface area (Å²) in [4.78, 5) is 14.0. The number of aryl methyl sites for hydroxylation is 1. The van der Waals surface area contributed by atoms with Gasteiger partial charge in [0.25, 0.3) is 0 Å². The second-order valence-corrected chi connectivity index (χ2v) is 5.80. The van der Waals surface area contributed by atoms with Crippen LogP contribution in [0.5, 0.6) is 5.75 Å². The third kappa shape index (κ3) is 3.42. The maximum absolute atomic E-state index is 12.2. The minimum absolute atomic E-state index is 0.0330. The number of benzene rings is 1. The summed E-state index contributed by atoms with van der Waals surface area (Å²) in [6.45, 7) is 2.64. The molecule has 0 aliphatic carbocycles. The summed E-state index contributed by atoms with van der Waals surface area (Å²) in [5.74, 6) is 2.78. The molecule has 4 nitrogen and oxygen atoms in total. The Labute approximate surface area is 118 Å². The lowest BCUT2D eigenvalue weighted by molar-refractivity contribution is -0.131. The van der Waals surface area contributed by atoms with E-state index in [-0.39, 0.29) is 11.9 Å². The minimum Gasteiger partial charge on any atom is -0.496 e. The van der Waals surface area contributed by atoms with Crippen LogP contribution in [0.1, 0.15) is 11.1 Å². The van der Waals surface area contributed by atoms with E-state index in [0.717, 1.165) is 28.5 Å². The number of nitrogens with zero attached hydrogens (tertiary/aromatic N) is 1. The van der Waals surface area contributed by atoms with E-state index in [1.165, 1.54) is 0 Å². The van der Waals surface area contributed by atoms with Crippen molar-refractivity contribution in [2.24, 2.45) is 0 Å². The van der Waals surface area contributed by atoms with Gasteiger partial charge < -0.3 is 9.64 Å². The van der Waals surface area contributed by atoms with Gasteiger partial charge in [-0.3, -0.25) is 10.1 Å². The Morgan fingerprint density at radius 3 is 2.95 bits per heavy atom. The van der Waals surface area contributed by atoms with Crippen LogP contribution in [-0.4, -0.2) is 42.6 Å². The largest absolute Gasteiger partial charge is 0.496 e. The lowest BCUT2D eigenvalue weighted by atomic mass is 10.1. The molecule has 2 rings (SSSR count). The second kappa shape index (κ2) is 6.30. The van der Waals surface area contributed by atoms with Crippen molar-refractivity contribution in [1.82, 2.24) is 10.2 Å². The first-order valence-electron chi connectivity index (χ1n) is 6.31. The molecule has 1 aliphatic heterocycles. The number of methoxy groups -OCH3 is 1. The standard InChI is InChI=1S/C14H20N2O2S/c1-10-6-11(4-5-13(10)18-3)7-16(2)14(17)12-8-19-9-15-12/h4-6,12,15H,7-9H2,1-3H3. The third-order valence-corrected chi connectivity index (χ3v) is 4.21. The van der Waals surface area contributed by atoms with Crippen molar-refractivity contribution in [3.05, 3.63) is 29.3 Å². The third-order valence-electron chi connectivity index (χ3n) is 3.27. The summed E-state index contributed by atoms with van der Waals surface area (Å²) in [7, 11) is 3.52. The molecule has 5 heteroatoms. The summed E-state index contributed by atoms with van der Waals surface area (Å²) in [6.07, 6.45) is 0. The van der Waals surface area contributed by atoms with Gasteiger partial charge in [0, 0.05) is 25.2 Å². The van der Waals surface area contributed by atoms with E-state index in [0.29, 0.717) is 6.54 Å². The van der Waals surface area contributed by atoms with Crippen LogP contribution in [0.25, 0.3) is 0 Å². The van der Waals surface area contributed by atoms with Gasteiger partial charge in [0.2, 0.25) is 5.91 Å². The highest BCUT2D eigenvalue weighted by Gasteiger charge is 2.25. The molecule has 1 fully saturated rings. The number of ether oxygens (including phenoxy) is 1. The second-order valence-electron chi connectivity index (χ2n) is 4.77. The maximum Gasteiger partial charge on any atom is 0.240 e. The topological polar surface area (TPSA) is 41.6 Å². The first-order valence-corrected chi connectivity index (χ1v) is 7.47. The van der Waals surface area contributed by atoms with Crippen molar-refractivity contribution in [3.8, 4) is 5.75 Å². The Hall–Kier alpha value is -1.20. The molecule has 1 aromatic carbocycles. The van der Waals surface area contributed by atoms with Crippen LogP contribution in [0.15, 0.2) is 18.2 Å². The fraction of sp³-hybridized carbons (Fsp3) is 0.500. The van der Waals surface area contributed by atoms with Gasteiger partial charge in [-0.2, -0.15) is 0 Å². The van der Waals surface area contributed by atoms with Crippen molar-refractivity contribution in [2.45, 2.75) is 19.5 Å². The lowest BCUT2D eigenvalue weighted by Crippen LogP contribution is -2.42. The number of rotatable bonds is 4. The molecule has 0 spiro atoms. The van der Waals surface area contributed by atoms with E-state index in [1.807, 2.05) is 26.1 Å².